The summed E-state index contributed by atoms with van der Waals surface area (Å²) in [4.78, 5) is 7.52. The summed E-state index contributed by atoms with van der Waals surface area (Å²) in [6.45, 7) is 10.8. The predicted molar refractivity (Wildman–Crippen MR) is 89.4 cm³/mol. The summed E-state index contributed by atoms with van der Waals surface area (Å²) in [6, 6.07) is 2.05. The van der Waals surface area contributed by atoms with Crippen molar-refractivity contribution >= 4 is 23.0 Å². The van der Waals surface area contributed by atoms with E-state index < -0.39 is 0 Å². The summed E-state index contributed by atoms with van der Waals surface area (Å²) in [5.74, 6) is 0.980. The molecule has 2 rings (SSSR count). The van der Waals surface area contributed by atoms with Gasteiger partial charge in [-0.2, -0.15) is 0 Å². The van der Waals surface area contributed by atoms with Gasteiger partial charge in [-0.25, -0.2) is 4.98 Å². The second kappa shape index (κ2) is 5.68. The van der Waals surface area contributed by atoms with Crippen molar-refractivity contribution in [1.29, 1.82) is 0 Å². The molecule has 2 heterocycles. The second-order valence-corrected chi connectivity index (χ2v) is 6.73. The van der Waals surface area contributed by atoms with Gasteiger partial charge in [-0.05, 0) is 43.7 Å². The van der Waals surface area contributed by atoms with E-state index in [1.54, 1.807) is 0 Å². The molecule has 1 aromatic heterocycles. The molecule has 4 heteroatoms. The Morgan fingerprint density at radius 1 is 1.40 bits per heavy atom. The maximum atomic E-state index is 5.92. The van der Waals surface area contributed by atoms with E-state index in [1.165, 1.54) is 19.3 Å². The van der Waals surface area contributed by atoms with Gasteiger partial charge in [0.2, 0.25) is 0 Å². The van der Waals surface area contributed by atoms with Crippen LogP contribution in [0.4, 0.5) is 5.82 Å². The third-order valence-corrected chi connectivity index (χ3v) is 4.90. The summed E-state index contributed by atoms with van der Waals surface area (Å²) in [7, 11) is 0. The minimum absolute atomic E-state index is 0.453. The van der Waals surface area contributed by atoms with Crippen LogP contribution in [0.2, 0.25) is 0 Å². The van der Waals surface area contributed by atoms with Crippen molar-refractivity contribution in [2.45, 2.75) is 47.0 Å². The molecule has 1 aliphatic rings. The fourth-order valence-electron chi connectivity index (χ4n) is 2.96. The average molecular weight is 291 g/mol. The summed E-state index contributed by atoms with van der Waals surface area (Å²) in [6.07, 6.45) is 3.65. The van der Waals surface area contributed by atoms with E-state index in [2.05, 4.69) is 31.7 Å². The van der Waals surface area contributed by atoms with Gasteiger partial charge in [-0.15, -0.1) is 0 Å². The molecule has 0 radical (unpaired) electrons. The summed E-state index contributed by atoms with van der Waals surface area (Å²) in [5.41, 5.74) is 9.49. The van der Waals surface area contributed by atoms with Gasteiger partial charge in [-0.1, -0.05) is 32.5 Å². The molecule has 1 fully saturated rings. The fourth-order valence-corrected chi connectivity index (χ4v) is 3.21. The Hall–Kier alpha value is -1.16. The molecule has 0 atom stereocenters. The van der Waals surface area contributed by atoms with Crippen molar-refractivity contribution < 1.29 is 0 Å². The number of nitrogens with zero attached hydrogens (tertiary/aromatic N) is 2. The summed E-state index contributed by atoms with van der Waals surface area (Å²) in [5, 5.41) is 0. The lowest BCUT2D eigenvalue weighted by molar-refractivity contribution is 0.237. The lowest BCUT2D eigenvalue weighted by atomic mass is 9.78. The molecular weight excluding hydrogens is 266 g/mol. The van der Waals surface area contributed by atoms with E-state index in [0.29, 0.717) is 10.4 Å². The zero-order valence-corrected chi connectivity index (χ0v) is 13.8. The molecule has 0 aromatic carbocycles. The highest BCUT2D eigenvalue weighted by Gasteiger charge is 2.30. The molecule has 0 aliphatic carbocycles. The number of aromatic nitrogens is 1. The smallest absolute Gasteiger partial charge is 0.139 e. The third kappa shape index (κ3) is 2.95. The molecule has 0 spiro atoms. The van der Waals surface area contributed by atoms with Gasteiger partial charge in [-0.3, -0.25) is 0 Å². The Balaban J connectivity index is 2.32. The number of thiocarbonyl (C=S) groups is 1. The molecule has 1 saturated heterocycles. The zero-order chi connectivity index (χ0) is 14.9. The van der Waals surface area contributed by atoms with Crippen LogP contribution in [-0.4, -0.2) is 23.1 Å². The molecule has 0 amide bonds. The van der Waals surface area contributed by atoms with Crippen molar-refractivity contribution in [3.63, 3.8) is 0 Å². The first-order chi connectivity index (χ1) is 9.36. The van der Waals surface area contributed by atoms with Crippen molar-refractivity contribution in [2.75, 3.05) is 18.0 Å². The molecule has 20 heavy (non-hydrogen) atoms. The van der Waals surface area contributed by atoms with Crippen LogP contribution in [0.1, 0.15) is 49.9 Å². The molecule has 1 aliphatic heterocycles. The molecule has 2 N–H and O–H groups in total. The summed E-state index contributed by atoms with van der Waals surface area (Å²) >= 11 is 5.23. The number of piperidine rings is 1. The molecule has 1 aromatic rings. The molecule has 0 unspecified atom stereocenters. The lowest BCUT2D eigenvalue weighted by Gasteiger charge is -2.40. The van der Waals surface area contributed by atoms with Crippen LogP contribution in [0.25, 0.3) is 0 Å². The quantitative estimate of drug-likeness (QED) is 0.867. The number of rotatable bonds is 3. The molecule has 110 valence electrons. The van der Waals surface area contributed by atoms with Gasteiger partial charge < -0.3 is 10.6 Å². The van der Waals surface area contributed by atoms with E-state index in [1.807, 2.05) is 6.92 Å². The van der Waals surface area contributed by atoms with E-state index in [4.69, 9.17) is 22.9 Å². The Kier molecular flexibility index (Phi) is 4.33. The minimum Gasteiger partial charge on any atom is -0.389 e. The zero-order valence-electron chi connectivity index (χ0n) is 13.0. The van der Waals surface area contributed by atoms with Crippen LogP contribution in [0.3, 0.4) is 0 Å². The van der Waals surface area contributed by atoms with E-state index in [0.717, 1.165) is 35.7 Å². The van der Waals surface area contributed by atoms with Gasteiger partial charge >= 0.3 is 0 Å². The number of hydrogen-bond donors (Lipinski definition) is 1. The largest absolute Gasteiger partial charge is 0.389 e. The van der Waals surface area contributed by atoms with Gasteiger partial charge in [0.15, 0.2) is 0 Å². The number of anilines is 1. The Bertz CT molecular complexity index is 517. The molecular formula is C16H25N3S. The average Bonchev–Trinajstić information content (AvgIpc) is 2.38. The Morgan fingerprint density at radius 2 is 2.00 bits per heavy atom. The predicted octanol–water partition coefficient (Wildman–Crippen LogP) is 3.35. The van der Waals surface area contributed by atoms with Crippen molar-refractivity contribution in [3.8, 4) is 0 Å². The van der Waals surface area contributed by atoms with Crippen LogP contribution in [0.5, 0.6) is 0 Å². The van der Waals surface area contributed by atoms with Crippen LogP contribution in [0.15, 0.2) is 6.07 Å². The maximum absolute atomic E-state index is 5.92. The van der Waals surface area contributed by atoms with Gasteiger partial charge in [0, 0.05) is 18.8 Å². The minimum atomic E-state index is 0.453. The fraction of sp³-hybridized carbons (Fsp3) is 0.625. The molecule has 3 nitrogen and oxygen atoms in total. The summed E-state index contributed by atoms with van der Waals surface area (Å²) < 4.78 is 0. The number of pyridine rings is 1. The van der Waals surface area contributed by atoms with E-state index in [-0.39, 0.29) is 0 Å². The van der Waals surface area contributed by atoms with Crippen molar-refractivity contribution in [1.82, 2.24) is 4.98 Å². The Labute approximate surface area is 127 Å². The first-order valence-corrected chi connectivity index (χ1v) is 7.80. The first-order valence-electron chi connectivity index (χ1n) is 7.39. The lowest BCUT2D eigenvalue weighted by Crippen LogP contribution is -2.40. The van der Waals surface area contributed by atoms with Crippen LogP contribution in [-0.2, 0) is 0 Å². The highest BCUT2D eigenvalue weighted by molar-refractivity contribution is 7.80. The number of nitrogens with two attached hydrogens (primary N) is 1. The van der Waals surface area contributed by atoms with Crippen LogP contribution in [0, 0.1) is 19.3 Å². The van der Waals surface area contributed by atoms with E-state index in [9.17, 15) is 0 Å². The van der Waals surface area contributed by atoms with Crippen molar-refractivity contribution in [3.05, 3.63) is 22.9 Å². The van der Waals surface area contributed by atoms with Gasteiger partial charge in [0.1, 0.15) is 10.8 Å². The Morgan fingerprint density at radius 3 is 2.50 bits per heavy atom. The molecule has 0 bridgehead atoms. The van der Waals surface area contributed by atoms with Crippen LogP contribution >= 0.6 is 12.2 Å². The highest BCUT2D eigenvalue weighted by Crippen LogP contribution is 2.36. The third-order valence-electron chi connectivity index (χ3n) is 4.70. The standard InChI is InChI=1S/C16H25N3S/c1-5-16(4)6-8-19(9-7-16)15-13(14(17)20)11(2)10-12(3)18-15/h10H,5-9H2,1-4H3,(H2,17,20). The van der Waals surface area contributed by atoms with Crippen molar-refractivity contribution in [2.24, 2.45) is 11.1 Å². The van der Waals surface area contributed by atoms with Gasteiger partial charge in [0.05, 0.1) is 5.56 Å². The monoisotopic (exact) mass is 291 g/mol. The first kappa shape index (κ1) is 15.2. The SMILES string of the molecule is CCC1(C)CCN(c2nc(C)cc(C)c2C(N)=S)CC1. The second-order valence-electron chi connectivity index (χ2n) is 6.29. The maximum Gasteiger partial charge on any atom is 0.139 e. The normalized spacial score (nSPS) is 18.1. The topological polar surface area (TPSA) is 42.2 Å². The van der Waals surface area contributed by atoms with Crippen LogP contribution < -0.4 is 10.6 Å². The van der Waals surface area contributed by atoms with E-state index >= 15 is 0 Å². The number of aryl methyl sites for hydroxylation is 2. The molecule has 0 saturated carbocycles. The number of hydrogen-bond acceptors (Lipinski definition) is 3. The van der Waals surface area contributed by atoms with Gasteiger partial charge in [0.25, 0.3) is 0 Å². The highest BCUT2D eigenvalue weighted by atomic mass is 32.1.